The van der Waals surface area contributed by atoms with Crippen LogP contribution < -0.4 is 5.43 Å². The Bertz CT molecular complexity index is 901. The fraction of sp³-hybridized carbons (Fsp3) is 0.111. The van der Waals surface area contributed by atoms with Gasteiger partial charge < -0.3 is 0 Å². The highest BCUT2D eigenvalue weighted by Crippen LogP contribution is 2.20. The summed E-state index contributed by atoms with van der Waals surface area (Å²) in [6.07, 6.45) is 1.66. The molecule has 1 N–H and O–H groups in total. The van der Waals surface area contributed by atoms with E-state index >= 15 is 0 Å². The van der Waals surface area contributed by atoms with E-state index in [1.54, 1.807) is 23.0 Å². The Hall–Kier alpha value is -2.01. The molecule has 0 aliphatic carbocycles. The van der Waals surface area contributed by atoms with Gasteiger partial charge in [-0.3, -0.25) is 5.43 Å². The van der Waals surface area contributed by atoms with Crippen LogP contribution >= 0.6 is 34.8 Å². The van der Waals surface area contributed by atoms with E-state index in [1.807, 2.05) is 43.3 Å². The topological polar surface area (TPSA) is 42.2 Å². The summed E-state index contributed by atoms with van der Waals surface area (Å²) in [6.45, 7) is 2.46. The first-order valence-corrected chi connectivity index (χ1v) is 8.68. The largest absolute Gasteiger partial charge is 0.278 e. The zero-order valence-corrected chi connectivity index (χ0v) is 15.6. The molecule has 25 heavy (non-hydrogen) atoms. The van der Waals surface area contributed by atoms with Gasteiger partial charge in [0, 0.05) is 10.0 Å². The molecule has 0 spiro atoms. The first kappa shape index (κ1) is 17.8. The van der Waals surface area contributed by atoms with Crippen LogP contribution in [0.1, 0.15) is 16.8 Å². The van der Waals surface area contributed by atoms with Gasteiger partial charge in [-0.25, -0.2) is 4.68 Å². The molecule has 3 aromatic rings. The second-order valence-electron chi connectivity index (χ2n) is 5.45. The molecule has 0 aliphatic heterocycles. The van der Waals surface area contributed by atoms with Crippen molar-refractivity contribution >= 4 is 46.7 Å². The molecule has 0 saturated carbocycles. The Morgan fingerprint density at radius 2 is 1.84 bits per heavy atom. The van der Waals surface area contributed by atoms with Crippen LogP contribution in [0.5, 0.6) is 0 Å². The van der Waals surface area contributed by atoms with Gasteiger partial charge in [0.25, 0.3) is 0 Å². The second kappa shape index (κ2) is 7.91. The van der Waals surface area contributed by atoms with Gasteiger partial charge >= 0.3 is 0 Å². The number of anilines is 1. The molecule has 0 fully saturated rings. The van der Waals surface area contributed by atoms with Gasteiger partial charge in [0.05, 0.1) is 29.7 Å². The summed E-state index contributed by atoms with van der Waals surface area (Å²) in [5, 5.41) is 10.6. The number of benzene rings is 2. The Morgan fingerprint density at radius 3 is 2.56 bits per heavy atom. The maximum atomic E-state index is 6.45. The summed E-state index contributed by atoms with van der Waals surface area (Å²) in [4.78, 5) is 0. The van der Waals surface area contributed by atoms with Gasteiger partial charge in [-0.2, -0.15) is 10.2 Å². The molecule has 0 unspecified atom stereocenters. The number of aryl methyl sites for hydroxylation is 1. The van der Waals surface area contributed by atoms with Crippen LogP contribution in [-0.2, 0) is 6.54 Å². The average molecular weight is 394 g/mol. The molecule has 0 atom stereocenters. The number of rotatable bonds is 5. The Balaban J connectivity index is 1.75. The predicted octanol–water partition coefficient (Wildman–Crippen LogP) is 5.65. The van der Waals surface area contributed by atoms with E-state index in [-0.39, 0.29) is 0 Å². The first-order chi connectivity index (χ1) is 12.0. The molecule has 0 bridgehead atoms. The summed E-state index contributed by atoms with van der Waals surface area (Å²) in [7, 11) is 0. The van der Waals surface area contributed by atoms with Crippen LogP contribution in [0, 0.1) is 6.92 Å². The summed E-state index contributed by atoms with van der Waals surface area (Å²) in [5.41, 5.74) is 6.36. The van der Waals surface area contributed by atoms with Gasteiger partial charge in [-0.1, -0.05) is 53.0 Å². The minimum absolute atomic E-state index is 0.532. The lowest BCUT2D eigenvalue weighted by molar-refractivity contribution is 0.680. The van der Waals surface area contributed by atoms with E-state index in [4.69, 9.17) is 34.8 Å². The fourth-order valence-electron chi connectivity index (χ4n) is 2.31. The van der Waals surface area contributed by atoms with Gasteiger partial charge in [0.15, 0.2) is 0 Å². The molecular weight excluding hydrogens is 379 g/mol. The standard InChI is InChI=1S/C18H15Cl3N4/c1-12-17(10-22-23-16-4-2-3-15(20)9-16)18(21)25(24-12)11-13-5-7-14(19)8-6-13/h2-10,23H,11H2,1H3/b22-10-. The van der Waals surface area contributed by atoms with Crippen molar-refractivity contribution in [3.8, 4) is 0 Å². The zero-order chi connectivity index (χ0) is 17.8. The van der Waals surface area contributed by atoms with E-state index in [1.165, 1.54) is 0 Å². The number of aromatic nitrogens is 2. The SMILES string of the molecule is Cc1nn(Cc2ccc(Cl)cc2)c(Cl)c1/C=N\Nc1cccc(Cl)c1. The van der Waals surface area contributed by atoms with Gasteiger partial charge in [-0.05, 0) is 42.8 Å². The number of halogens is 3. The third-order valence-corrected chi connectivity index (χ3v) is 4.45. The third-order valence-electron chi connectivity index (χ3n) is 3.57. The van der Waals surface area contributed by atoms with Crippen LogP contribution in [0.15, 0.2) is 53.6 Å². The summed E-state index contributed by atoms with van der Waals surface area (Å²) < 4.78 is 1.74. The lowest BCUT2D eigenvalue weighted by atomic mass is 10.2. The van der Waals surface area contributed by atoms with Crippen LogP contribution in [0.2, 0.25) is 15.2 Å². The van der Waals surface area contributed by atoms with Crippen LogP contribution in [-0.4, -0.2) is 16.0 Å². The van der Waals surface area contributed by atoms with Crippen molar-refractivity contribution in [1.29, 1.82) is 0 Å². The van der Waals surface area contributed by atoms with Gasteiger partial charge in [0.1, 0.15) is 5.15 Å². The molecule has 4 nitrogen and oxygen atoms in total. The van der Waals surface area contributed by atoms with Crippen molar-refractivity contribution in [2.24, 2.45) is 5.10 Å². The van der Waals surface area contributed by atoms with Crippen molar-refractivity contribution in [2.45, 2.75) is 13.5 Å². The molecule has 0 amide bonds. The van der Waals surface area contributed by atoms with E-state index < -0.39 is 0 Å². The maximum absolute atomic E-state index is 6.45. The number of hydrazone groups is 1. The Kier molecular flexibility index (Phi) is 5.63. The van der Waals surface area contributed by atoms with Crippen LogP contribution in [0.4, 0.5) is 5.69 Å². The summed E-state index contributed by atoms with van der Waals surface area (Å²) >= 11 is 18.3. The van der Waals surface area contributed by atoms with Gasteiger partial charge in [-0.15, -0.1) is 0 Å². The highest BCUT2D eigenvalue weighted by Gasteiger charge is 2.12. The third kappa shape index (κ3) is 4.54. The smallest absolute Gasteiger partial charge is 0.136 e. The predicted molar refractivity (Wildman–Crippen MR) is 105 cm³/mol. The molecule has 2 aromatic carbocycles. The minimum atomic E-state index is 0.532. The average Bonchev–Trinajstić information content (AvgIpc) is 2.84. The Labute approximate surface area is 161 Å². The second-order valence-corrected chi connectivity index (χ2v) is 6.69. The maximum Gasteiger partial charge on any atom is 0.136 e. The van der Waals surface area contributed by atoms with E-state index in [0.717, 1.165) is 22.5 Å². The number of hydrogen-bond donors (Lipinski definition) is 1. The Morgan fingerprint density at radius 1 is 1.08 bits per heavy atom. The molecule has 0 saturated heterocycles. The number of nitrogens with zero attached hydrogens (tertiary/aromatic N) is 3. The van der Waals surface area contributed by atoms with Crippen LogP contribution in [0.25, 0.3) is 0 Å². The highest BCUT2D eigenvalue weighted by atomic mass is 35.5. The lowest BCUT2D eigenvalue weighted by Crippen LogP contribution is -2.02. The molecule has 0 radical (unpaired) electrons. The van der Waals surface area contributed by atoms with Crippen molar-refractivity contribution in [3.63, 3.8) is 0 Å². The molecule has 3 rings (SSSR count). The molecule has 1 aromatic heterocycles. The molecule has 0 aliphatic rings. The first-order valence-electron chi connectivity index (χ1n) is 7.55. The van der Waals surface area contributed by atoms with E-state index in [2.05, 4.69) is 15.6 Å². The molecule has 128 valence electrons. The monoisotopic (exact) mass is 392 g/mol. The van der Waals surface area contributed by atoms with Crippen molar-refractivity contribution in [3.05, 3.63) is 80.6 Å². The fourth-order valence-corrected chi connectivity index (χ4v) is 2.91. The zero-order valence-electron chi connectivity index (χ0n) is 13.4. The summed E-state index contributed by atoms with van der Waals surface area (Å²) in [6, 6.07) is 14.9. The normalized spacial score (nSPS) is 11.2. The van der Waals surface area contributed by atoms with E-state index in [0.29, 0.717) is 21.7 Å². The number of nitrogens with one attached hydrogen (secondary N) is 1. The van der Waals surface area contributed by atoms with Crippen molar-refractivity contribution < 1.29 is 0 Å². The molecule has 7 heteroatoms. The van der Waals surface area contributed by atoms with E-state index in [9.17, 15) is 0 Å². The van der Waals surface area contributed by atoms with Gasteiger partial charge in [0.2, 0.25) is 0 Å². The quantitative estimate of drug-likeness (QED) is 0.450. The van der Waals surface area contributed by atoms with Crippen molar-refractivity contribution in [1.82, 2.24) is 9.78 Å². The lowest BCUT2D eigenvalue weighted by Gasteiger charge is -2.04. The van der Waals surface area contributed by atoms with Crippen molar-refractivity contribution in [2.75, 3.05) is 5.43 Å². The summed E-state index contributed by atoms with van der Waals surface area (Å²) in [5.74, 6) is 0. The molecular formula is C18H15Cl3N4. The number of hydrogen-bond acceptors (Lipinski definition) is 3. The minimum Gasteiger partial charge on any atom is -0.278 e. The van der Waals surface area contributed by atoms with Crippen LogP contribution in [0.3, 0.4) is 0 Å². The molecule has 1 heterocycles. The highest BCUT2D eigenvalue weighted by molar-refractivity contribution is 6.32.